The highest BCUT2D eigenvalue weighted by molar-refractivity contribution is 5.89. The Bertz CT molecular complexity index is 793. The third kappa shape index (κ3) is 1.93. The number of hydrogen-bond acceptors (Lipinski definition) is 4. The molecule has 1 aromatic carbocycles. The van der Waals surface area contributed by atoms with Crippen LogP contribution in [0.25, 0.3) is 17.0 Å². The summed E-state index contributed by atoms with van der Waals surface area (Å²) in [5.74, 6) is 0.217. The van der Waals surface area contributed by atoms with E-state index in [1.807, 2.05) is 31.2 Å². The van der Waals surface area contributed by atoms with Crippen molar-refractivity contribution in [2.75, 3.05) is 7.11 Å². The van der Waals surface area contributed by atoms with Gasteiger partial charge in [-0.2, -0.15) is 0 Å². The number of fused-ring (bicyclic) bond motifs is 1. The van der Waals surface area contributed by atoms with Crippen molar-refractivity contribution in [2.24, 2.45) is 0 Å². The molecule has 20 heavy (non-hydrogen) atoms. The molecular weight excluding hydrogens is 254 g/mol. The summed E-state index contributed by atoms with van der Waals surface area (Å²) < 4.78 is 6.52. The normalized spacial score (nSPS) is 10.7. The third-order valence-corrected chi connectivity index (χ3v) is 3.10. The van der Waals surface area contributed by atoms with Gasteiger partial charge in [0, 0.05) is 5.56 Å². The van der Waals surface area contributed by atoms with E-state index < -0.39 is 5.97 Å². The summed E-state index contributed by atoms with van der Waals surface area (Å²) in [6.45, 7) is 2.01. The summed E-state index contributed by atoms with van der Waals surface area (Å²) >= 11 is 0. The van der Waals surface area contributed by atoms with E-state index in [9.17, 15) is 4.79 Å². The van der Waals surface area contributed by atoms with Gasteiger partial charge in [-0.05, 0) is 25.1 Å². The number of esters is 1. The fourth-order valence-corrected chi connectivity index (χ4v) is 2.18. The highest BCUT2D eigenvalue weighted by Gasteiger charge is 2.16. The van der Waals surface area contributed by atoms with Gasteiger partial charge < -0.3 is 4.74 Å². The number of carbonyl (C=O) groups excluding carboxylic acids is 1. The number of aryl methyl sites for hydroxylation is 1. The molecule has 0 atom stereocenters. The first kappa shape index (κ1) is 12.3. The Balaban J connectivity index is 2.29. The highest BCUT2D eigenvalue weighted by Crippen LogP contribution is 2.21. The number of pyridine rings is 1. The molecule has 2 heterocycles. The van der Waals surface area contributed by atoms with Crippen LogP contribution in [0, 0.1) is 6.92 Å². The molecule has 0 saturated carbocycles. The first-order valence-corrected chi connectivity index (χ1v) is 6.20. The summed E-state index contributed by atoms with van der Waals surface area (Å²) in [6.07, 6.45) is 0. The zero-order valence-electron chi connectivity index (χ0n) is 11.2. The van der Waals surface area contributed by atoms with Crippen LogP contribution in [-0.4, -0.2) is 27.7 Å². The predicted molar refractivity (Wildman–Crippen MR) is 74.5 cm³/mol. The lowest BCUT2D eigenvalue weighted by Gasteiger charge is -2.06. The third-order valence-electron chi connectivity index (χ3n) is 3.10. The predicted octanol–water partition coefficient (Wildman–Crippen LogP) is 2.49. The number of nitrogens with zero attached hydrogens (tertiary/aromatic N) is 3. The fraction of sp³-hybridized carbons (Fsp3) is 0.133. The maximum absolute atomic E-state index is 11.9. The monoisotopic (exact) mass is 267 g/mol. The van der Waals surface area contributed by atoms with E-state index in [0.717, 1.165) is 11.1 Å². The maximum Gasteiger partial charge on any atom is 0.355 e. The molecule has 0 fully saturated rings. The first-order valence-electron chi connectivity index (χ1n) is 6.20. The van der Waals surface area contributed by atoms with Crippen LogP contribution < -0.4 is 0 Å². The lowest BCUT2D eigenvalue weighted by Crippen LogP contribution is -2.08. The molecular formula is C15H13N3O2. The summed E-state index contributed by atoms with van der Waals surface area (Å²) in [7, 11) is 1.36. The molecule has 0 radical (unpaired) electrons. The van der Waals surface area contributed by atoms with Crippen LogP contribution in [0.1, 0.15) is 16.1 Å². The Kier molecular flexibility index (Phi) is 2.95. The number of benzene rings is 1. The smallest absolute Gasteiger partial charge is 0.355 e. The quantitative estimate of drug-likeness (QED) is 0.669. The maximum atomic E-state index is 11.9. The molecule has 0 aliphatic rings. The van der Waals surface area contributed by atoms with Gasteiger partial charge in [-0.1, -0.05) is 29.8 Å². The lowest BCUT2D eigenvalue weighted by molar-refractivity contribution is 0.0592. The molecule has 0 N–H and O–H groups in total. The van der Waals surface area contributed by atoms with E-state index in [-0.39, 0.29) is 0 Å². The van der Waals surface area contributed by atoms with Crippen LogP contribution in [-0.2, 0) is 4.74 Å². The summed E-state index contributed by atoms with van der Waals surface area (Å²) in [5, 5.41) is 8.30. The van der Waals surface area contributed by atoms with Crippen LogP contribution >= 0.6 is 0 Å². The molecule has 0 aliphatic heterocycles. The highest BCUT2D eigenvalue weighted by atomic mass is 16.5. The zero-order chi connectivity index (χ0) is 14.1. The Morgan fingerprint density at radius 3 is 2.70 bits per heavy atom. The fourth-order valence-electron chi connectivity index (χ4n) is 2.18. The minimum atomic E-state index is -0.413. The molecule has 2 aromatic heterocycles. The zero-order valence-corrected chi connectivity index (χ0v) is 11.2. The first-order chi connectivity index (χ1) is 9.70. The van der Waals surface area contributed by atoms with E-state index in [2.05, 4.69) is 10.2 Å². The minimum absolute atomic E-state index is 0.409. The van der Waals surface area contributed by atoms with Crippen molar-refractivity contribution < 1.29 is 9.53 Å². The Hall–Kier alpha value is -2.69. The van der Waals surface area contributed by atoms with Crippen molar-refractivity contribution in [3.8, 4) is 11.4 Å². The van der Waals surface area contributed by atoms with Crippen LogP contribution in [0.15, 0.2) is 42.5 Å². The summed E-state index contributed by atoms with van der Waals surface area (Å²) in [4.78, 5) is 11.9. The molecule has 0 aliphatic carbocycles. The summed E-state index contributed by atoms with van der Waals surface area (Å²) in [6, 6.07) is 13.2. The van der Waals surface area contributed by atoms with Crippen molar-refractivity contribution in [1.82, 2.24) is 14.6 Å². The molecule has 5 heteroatoms. The van der Waals surface area contributed by atoms with Crippen LogP contribution in [0.4, 0.5) is 0 Å². The van der Waals surface area contributed by atoms with E-state index in [1.165, 1.54) is 7.11 Å². The molecule has 0 unspecified atom stereocenters. The minimum Gasteiger partial charge on any atom is -0.464 e. The van der Waals surface area contributed by atoms with E-state index in [0.29, 0.717) is 17.2 Å². The second kappa shape index (κ2) is 4.77. The lowest BCUT2D eigenvalue weighted by atomic mass is 10.1. The molecule has 100 valence electrons. The molecule has 0 saturated heterocycles. The average molecular weight is 267 g/mol. The molecule has 5 nitrogen and oxygen atoms in total. The van der Waals surface area contributed by atoms with E-state index >= 15 is 0 Å². The molecule has 0 bridgehead atoms. The molecule has 0 spiro atoms. The van der Waals surface area contributed by atoms with Crippen molar-refractivity contribution in [1.29, 1.82) is 0 Å². The van der Waals surface area contributed by atoms with Crippen molar-refractivity contribution >= 4 is 11.6 Å². The van der Waals surface area contributed by atoms with Crippen LogP contribution in [0.3, 0.4) is 0 Å². The second-order valence-electron chi connectivity index (χ2n) is 4.49. The van der Waals surface area contributed by atoms with E-state index in [4.69, 9.17) is 4.74 Å². The van der Waals surface area contributed by atoms with Gasteiger partial charge in [0.05, 0.1) is 7.11 Å². The van der Waals surface area contributed by atoms with Gasteiger partial charge in [0.2, 0.25) is 0 Å². The average Bonchev–Trinajstić information content (AvgIpc) is 2.90. The van der Waals surface area contributed by atoms with Crippen molar-refractivity contribution in [3.63, 3.8) is 0 Å². The van der Waals surface area contributed by atoms with Gasteiger partial charge in [-0.25, -0.2) is 4.79 Å². The SMILES string of the molecule is COC(=O)c1cccc2nnc(-c3cccc(C)c3)n12. The number of rotatable bonds is 2. The van der Waals surface area contributed by atoms with Crippen LogP contribution in [0.2, 0.25) is 0 Å². The van der Waals surface area contributed by atoms with Crippen molar-refractivity contribution in [2.45, 2.75) is 6.92 Å². The van der Waals surface area contributed by atoms with Crippen molar-refractivity contribution in [3.05, 3.63) is 53.7 Å². The number of hydrogen-bond donors (Lipinski definition) is 0. The Labute approximate surface area is 115 Å². The van der Waals surface area contributed by atoms with Gasteiger partial charge in [0.15, 0.2) is 11.5 Å². The van der Waals surface area contributed by atoms with Gasteiger partial charge in [0.25, 0.3) is 0 Å². The van der Waals surface area contributed by atoms with Gasteiger partial charge >= 0.3 is 5.97 Å². The van der Waals surface area contributed by atoms with Crippen LogP contribution in [0.5, 0.6) is 0 Å². The van der Waals surface area contributed by atoms with Gasteiger partial charge in [0.1, 0.15) is 5.69 Å². The largest absolute Gasteiger partial charge is 0.464 e. The molecule has 3 aromatic rings. The summed E-state index contributed by atoms with van der Waals surface area (Å²) in [5.41, 5.74) is 3.06. The van der Waals surface area contributed by atoms with E-state index in [1.54, 1.807) is 22.6 Å². The molecule has 3 rings (SSSR count). The Morgan fingerprint density at radius 1 is 1.15 bits per heavy atom. The standard InChI is InChI=1S/C15H13N3O2/c1-10-5-3-6-11(9-10)14-17-16-13-8-4-7-12(18(13)14)15(19)20-2/h3-9H,1-2H3. The number of ether oxygens (including phenoxy) is 1. The second-order valence-corrected chi connectivity index (χ2v) is 4.49. The Morgan fingerprint density at radius 2 is 1.95 bits per heavy atom. The number of carbonyl (C=O) groups is 1. The number of methoxy groups -OCH3 is 1. The number of aromatic nitrogens is 3. The molecule has 0 amide bonds. The topological polar surface area (TPSA) is 56.5 Å². The van der Waals surface area contributed by atoms with Gasteiger partial charge in [-0.3, -0.25) is 4.40 Å². The van der Waals surface area contributed by atoms with Gasteiger partial charge in [-0.15, -0.1) is 10.2 Å².